The van der Waals surface area contributed by atoms with Gasteiger partial charge in [-0.15, -0.1) is 11.3 Å². The Kier molecular flexibility index (Phi) is 6.50. The van der Waals surface area contributed by atoms with E-state index in [9.17, 15) is 9.18 Å². The first-order chi connectivity index (χ1) is 16.0. The van der Waals surface area contributed by atoms with Gasteiger partial charge in [-0.3, -0.25) is 4.79 Å². The molecule has 0 aliphatic heterocycles. The molecule has 10 heteroatoms. The molecule has 0 saturated carbocycles. The minimum atomic E-state index is -0.742. The van der Waals surface area contributed by atoms with E-state index in [-0.39, 0.29) is 33.1 Å². The highest BCUT2D eigenvalue weighted by Crippen LogP contribution is 2.42. The molecule has 178 valence electrons. The maximum atomic E-state index is 14.0. The second-order valence-corrected chi connectivity index (χ2v) is 10.5. The van der Waals surface area contributed by atoms with E-state index in [1.807, 2.05) is 20.8 Å². The van der Waals surface area contributed by atoms with Crippen LogP contribution < -0.4 is 15.8 Å². The number of carbonyl (C=O) groups excluding carboxylic acids is 1. The average Bonchev–Trinajstić information content (AvgIpc) is 3.39. The molecule has 0 unspecified atom stereocenters. The smallest absolute Gasteiger partial charge is 0.252 e. The lowest BCUT2D eigenvalue weighted by Crippen LogP contribution is -2.40. The van der Waals surface area contributed by atoms with Crippen molar-refractivity contribution in [2.45, 2.75) is 39.3 Å². The number of furan rings is 1. The van der Waals surface area contributed by atoms with Crippen LogP contribution in [0.3, 0.4) is 0 Å². The summed E-state index contributed by atoms with van der Waals surface area (Å²) in [5, 5.41) is 5.52. The van der Waals surface area contributed by atoms with Crippen molar-refractivity contribution < 1.29 is 18.3 Å². The normalized spacial score (nSPS) is 12.7. The molecule has 4 rings (SSSR count). The zero-order valence-corrected chi connectivity index (χ0v) is 21.2. The highest BCUT2D eigenvalue weighted by molar-refractivity contribution is 7.14. The fourth-order valence-corrected chi connectivity index (χ4v) is 5.03. The van der Waals surface area contributed by atoms with Crippen LogP contribution >= 0.6 is 34.5 Å². The van der Waals surface area contributed by atoms with Crippen LogP contribution in [0.2, 0.25) is 10.0 Å². The number of amides is 1. The van der Waals surface area contributed by atoms with E-state index in [1.165, 1.54) is 23.5 Å². The van der Waals surface area contributed by atoms with E-state index in [1.54, 1.807) is 30.8 Å². The number of rotatable bonds is 5. The van der Waals surface area contributed by atoms with Gasteiger partial charge in [0.05, 0.1) is 16.0 Å². The lowest BCUT2D eigenvalue weighted by atomic mass is 10.1. The maximum absolute atomic E-state index is 14.0. The van der Waals surface area contributed by atoms with E-state index >= 15 is 0 Å². The van der Waals surface area contributed by atoms with Gasteiger partial charge in [0.1, 0.15) is 18.2 Å². The number of ether oxygens (including phenoxy) is 1. The topological polar surface area (TPSA) is 90.4 Å². The summed E-state index contributed by atoms with van der Waals surface area (Å²) in [6.45, 7) is 7.44. The maximum Gasteiger partial charge on any atom is 0.252 e. The van der Waals surface area contributed by atoms with E-state index in [4.69, 9.17) is 38.1 Å². The van der Waals surface area contributed by atoms with Gasteiger partial charge in [-0.2, -0.15) is 0 Å². The number of halogens is 3. The first kappa shape index (κ1) is 24.3. The predicted molar refractivity (Wildman–Crippen MR) is 134 cm³/mol. The number of hydrogen-bond donors (Lipinski definition) is 2. The van der Waals surface area contributed by atoms with Crippen molar-refractivity contribution >= 4 is 57.2 Å². The quantitative estimate of drug-likeness (QED) is 0.270. The molecule has 0 fully saturated rings. The molecule has 0 aliphatic carbocycles. The molecule has 4 aromatic rings. The fraction of sp³-hybridized carbons (Fsp3) is 0.250. The zero-order chi connectivity index (χ0) is 24.8. The summed E-state index contributed by atoms with van der Waals surface area (Å²) in [5.74, 6) is -0.479. The molecule has 34 heavy (non-hydrogen) atoms. The summed E-state index contributed by atoms with van der Waals surface area (Å²) < 4.78 is 25.8. The zero-order valence-electron chi connectivity index (χ0n) is 18.8. The van der Waals surface area contributed by atoms with Crippen LogP contribution in [0.1, 0.15) is 49.7 Å². The number of nitrogens with two attached hydrogens (primary N) is 1. The lowest BCUT2D eigenvalue weighted by molar-refractivity contribution is 0.0920. The summed E-state index contributed by atoms with van der Waals surface area (Å²) in [6.07, 6.45) is 2.40. The third kappa shape index (κ3) is 4.71. The molecule has 0 aliphatic rings. The number of benzene rings is 1. The van der Waals surface area contributed by atoms with E-state index in [0.29, 0.717) is 22.1 Å². The van der Waals surface area contributed by atoms with Crippen molar-refractivity contribution in [3.8, 4) is 16.2 Å². The molecular weight excluding hydrogens is 500 g/mol. The van der Waals surface area contributed by atoms with Crippen LogP contribution in [0, 0.1) is 5.82 Å². The number of aromatic nitrogens is 1. The number of anilines is 1. The standard InChI is InChI=1S/C24H22Cl2FN3O3S/c1-11(18-15(25)5-6-16(27)19(18)26)33-21-20-13(8-29-22(21)28)14(9-32-20)17-7-12(10-34-17)23(31)30-24(2,3)4/h5-11H,1-4H3,(H2,28,29)(H,30,31)/t11-/m1/s1. The first-order valence-electron chi connectivity index (χ1n) is 10.3. The van der Waals surface area contributed by atoms with Crippen LogP contribution in [0.4, 0.5) is 10.2 Å². The molecule has 3 aromatic heterocycles. The number of nitrogen functional groups attached to an aromatic ring is 1. The highest BCUT2D eigenvalue weighted by atomic mass is 35.5. The van der Waals surface area contributed by atoms with Gasteiger partial charge in [0.15, 0.2) is 11.4 Å². The predicted octanol–water partition coefficient (Wildman–Crippen LogP) is 7.25. The Bertz CT molecular complexity index is 1390. The number of thiophene rings is 1. The van der Waals surface area contributed by atoms with Gasteiger partial charge in [0.2, 0.25) is 5.75 Å². The van der Waals surface area contributed by atoms with Gasteiger partial charge in [0, 0.05) is 38.1 Å². The Balaban J connectivity index is 1.69. The Morgan fingerprint density at radius 3 is 2.76 bits per heavy atom. The Hall–Kier alpha value is -2.81. The Morgan fingerprint density at radius 1 is 1.32 bits per heavy atom. The van der Waals surface area contributed by atoms with Gasteiger partial charge >= 0.3 is 0 Å². The van der Waals surface area contributed by atoms with Crippen LogP contribution in [0.5, 0.6) is 5.75 Å². The van der Waals surface area contributed by atoms with Crippen molar-refractivity contribution in [3.05, 3.63) is 63.0 Å². The summed E-state index contributed by atoms with van der Waals surface area (Å²) in [7, 11) is 0. The number of carbonyl (C=O) groups is 1. The minimum absolute atomic E-state index is 0.0975. The van der Waals surface area contributed by atoms with Gasteiger partial charge in [-0.25, -0.2) is 9.37 Å². The molecule has 0 bridgehead atoms. The van der Waals surface area contributed by atoms with Gasteiger partial charge < -0.3 is 20.2 Å². The summed E-state index contributed by atoms with van der Waals surface area (Å²) in [6, 6.07) is 4.39. The average molecular weight is 522 g/mol. The minimum Gasteiger partial charge on any atom is -0.478 e. The van der Waals surface area contributed by atoms with Crippen LogP contribution in [0.15, 0.2) is 40.5 Å². The number of fused-ring (bicyclic) bond motifs is 1. The van der Waals surface area contributed by atoms with Gasteiger partial charge in [-0.05, 0) is 45.9 Å². The molecule has 3 heterocycles. The van der Waals surface area contributed by atoms with E-state index in [0.717, 1.165) is 10.4 Å². The second kappa shape index (κ2) is 9.09. The van der Waals surface area contributed by atoms with Crippen molar-refractivity contribution in [1.29, 1.82) is 0 Å². The van der Waals surface area contributed by atoms with E-state index < -0.39 is 11.9 Å². The number of pyridine rings is 1. The SMILES string of the molecule is C[C@@H](Oc1c(N)ncc2c(-c3cc(C(=O)NC(C)(C)C)cs3)coc12)c1c(Cl)ccc(F)c1Cl. The molecule has 3 N–H and O–H groups in total. The van der Waals surface area contributed by atoms with E-state index in [2.05, 4.69) is 10.3 Å². The summed E-state index contributed by atoms with van der Waals surface area (Å²) >= 11 is 13.8. The van der Waals surface area contributed by atoms with Gasteiger partial charge in [0.25, 0.3) is 5.91 Å². The van der Waals surface area contributed by atoms with Crippen molar-refractivity contribution in [2.75, 3.05) is 5.73 Å². The molecule has 6 nitrogen and oxygen atoms in total. The lowest BCUT2D eigenvalue weighted by Gasteiger charge is -2.19. The molecule has 0 radical (unpaired) electrons. The van der Waals surface area contributed by atoms with Crippen molar-refractivity contribution in [3.63, 3.8) is 0 Å². The molecule has 1 aromatic carbocycles. The highest BCUT2D eigenvalue weighted by Gasteiger charge is 2.24. The molecular formula is C24H22Cl2FN3O3S. The van der Waals surface area contributed by atoms with Gasteiger partial charge in [-0.1, -0.05) is 23.2 Å². The molecule has 1 amide bonds. The van der Waals surface area contributed by atoms with Crippen molar-refractivity contribution in [1.82, 2.24) is 10.3 Å². The Morgan fingerprint density at radius 2 is 2.06 bits per heavy atom. The Labute approximate surface area is 209 Å². The van der Waals surface area contributed by atoms with Crippen LogP contribution in [-0.2, 0) is 0 Å². The summed E-state index contributed by atoms with van der Waals surface area (Å²) in [5.41, 5.74) is 7.68. The number of nitrogens with one attached hydrogen (secondary N) is 1. The first-order valence-corrected chi connectivity index (χ1v) is 12.0. The third-order valence-corrected chi connectivity index (χ3v) is 6.67. The monoisotopic (exact) mass is 521 g/mol. The largest absolute Gasteiger partial charge is 0.478 e. The fourth-order valence-electron chi connectivity index (χ4n) is 3.45. The van der Waals surface area contributed by atoms with Crippen molar-refractivity contribution in [2.24, 2.45) is 0 Å². The molecule has 0 spiro atoms. The number of nitrogens with zero attached hydrogens (tertiary/aromatic N) is 1. The second-order valence-electron chi connectivity index (χ2n) is 8.79. The molecule has 1 atom stereocenters. The number of hydrogen-bond acceptors (Lipinski definition) is 6. The molecule has 0 saturated heterocycles. The summed E-state index contributed by atoms with van der Waals surface area (Å²) in [4.78, 5) is 17.6. The van der Waals surface area contributed by atoms with Crippen LogP contribution in [-0.4, -0.2) is 16.4 Å². The van der Waals surface area contributed by atoms with Crippen LogP contribution in [0.25, 0.3) is 21.4 Å². The third-order valence-electron chi connectivity index (χ3n) is 5.00.